The minimum Gasteiger partial charge on any atom is -0.487 e. The number of benzene rings is 2. The number of nitro benzene ring substituents is 1. The lowest BCUT2D eigenvalue weighted by Crippen LogP contribution is -2.22. The topological polar surface area (TPSA) is 90.5 Å². The van der Waals surface area contributed by atoms with Gasteiger partial charge in [0.05, 0.1) is 22.1 Å². The number of nitro groups is 1. The fourth-order valence-electron chi connectivity index (χ4n) is 3.20. The summed E-state index contributed by atoms with van der Waals surface area (Å²) in [4.78, 5) is 25.5. The molecular formula is C22H18N4O4S2. The lowest BCUT2D eigenvalue weighted by molar-refractivity contribution is -0.385. The SMILES string of the molecule is CCOc1ccc(-c2nn(-c3ccccc3)cc2C=C2SC(=S)N(C)C2=O)cc1[N+](=O)[O-]. The number of carbonyl (C=O) groups excluding carboxylic acids is 1. The summed E-state index contributed by atoms with van der Waals surface area (Å²) >= 11 is 6.43. The minimum atomic E-state index is -0.482. The maximum Gasteiger partial charge on any atom is 0.311 e. The maximum atomic E-state index is 12.5. The Kier molecular flexibility index (Phi) is 6.06. The first-order valence-corrected chi connectivity index (χ1v) is 10.9. The van der Waals surface area contributed by atoms with Gasteiger partial charge in [0.2, 0.25) is 0 Å². The van der Waals surface area contributed by atoms with Crippen LogP contribution in [-0.2, 0) is 4.79 Å². The molecule has 4 rings (SSSR count). The number of carbonyl (C=O) groups is 1. The van der Waals surface area contributed by atoms with Gasteiger partial charge in [-0.1, -0.05) is 42.2 Å². The number of hydrogen-bond acceptors (Lipinski definition) is 7. The predicted molar refractivity (Wildman–Crippen MR) is 128 cm³/mol. The molecule has 0 saturated carbocycles. The van der Waals surface area contributed by atoms with Crippen molar-refractivity contribution < 1.29 is 14.5 Å². The van der Waals surface area contributed by atoms with Gasteiger partial charge in [-0.15, -0.1) is 0 Å². The van der Waals surface area contributed by atoms with Crippen molar-refractivity contribution >= 4 is 46.0 Å². The standard InChI is InChI=1S/C22H18N4O4S2/c1-3-30-18-10-9-14(11-17(18)26(28)29)20-15(12-19-21(27)24(2)22(31)32-19)13-25(23-20)16-7-5-4-6-8-16/h4-13H,3H2,1-2H3. The molecule has 0 bridgehead atoms. The second-order valence-electron chi connectivity index (χ2n) is 6.83. The number of thioether (sulfide) groups is 1. The molecule has 2 heterocycles. The number of nitrogens with zero attached hydrogens (tertiary/aromatic N) is 4. The summed E-state index contributed by atoms with van der Waals surface area (Å²) in [5.41, 5.74) is 2.34. The summed E-state index contributed by atoms with van der Waals surface area (Å²) in [5, 5.41) is 16.3. The molecule has 1 aromatic heterocycles. The summed E-state index contributed by atoms with van der Waals surface area (Å²) < 4.78 is 7.54. The highest BCUT2D eigenvalue weighted by atomic mass is 32.2. The van der Waals surface area contributed by atoms with E-state index >= 15 is 0 Å². The molecule has 0 radical (unpaired) electrons. The van der Waals surface area contributed by atoms with Crippen molar-refractivity contribution in [2.45, 2.75) is 6.92 Å². The van der Waals surface area contributed by atoms with Crippen molar-refractivity contribution in [3.8, 4) is 22.7 Å². The van der Waals surface area contributed by atoms with E-state index in [4.69, 9.17) is 17.0 Å². The Bertz CT molecular complexity index is 1250. The Balaban J connectivity index is 1.87. The van der Waals surface area contributed by atoms with Crippen LogP contribution < -0.4 is 4.74 Å². The van der Waals surface area contributed by atoms with Crippen LogP contribution in [0.5, 0.6) is 5.75 Å². The van der Waals surface area contributed by atoms with E-state index in [0.29, 0.717) is 32.7 Å². The lowest BCUT2D eigenvalue weighted by Gasteiger charge is -2.06. The molecule has 0 aliphatic carbocycles. The largest absolute Gasteiger partial charge is 0.487 e. The number of aromatic nitrogens is 2. The van der Waals surface area contributed by atoms with Crippen LogP contribution in [0.25, 0.3) is 23.0 Å². The van der Waals surface area contributed by atoms with Crippen LogP contribution in [0, 0.1) is 10.1 Å². The highest BCUT2D eigenvalue weighted by Crippen LogP contribution is 2.36. The van der Waals surface area contributed by atoms with Crippen LogP contribution in [-0.4, -0.2) is 43.5 Å². The van der Waals surface area contributed by atoms with Crippen LogP contribution in [0.15, 0.2) is 59.6 Å². The van der Waals surface area contributed by atoms with Gasteiger partial charge in [-0.25, -0.2) is 4.68 Å². The fourth-order valence-corrected chi connectivity index (χ4v) is 4.37. The molecule has 32 heavy (non-hydrogen) atoms. The summed E-state index contributed by atoms with van der Waals surface area (Å²) in [7, 11) is 1.63. The zero-order valence-electron chi connectivity index (χ0n) is 17.2. The van der Waals surface area contributed by atoms with Gasteiger partial charge in [-0.3, -0.25) is 19.8 Å². The van der Waals surface area contributed by atoms with Gasteiger partial charge >= 0.3 is 5.69 Å². The van der Waals surface area contributed by atoms with Crippen LogP contribution >= 0.6 is 24.0 Å². The van der Waals surface area contributed by atoms with Crippen molar-refractivity contribution in [1.29, 1.82) is 0 Å². The van der Waals surface area contributed by atoms with E-state index in [-0.39, 0.29) is 17.3 Å². The number of amides is 1. The number of para-hydroxylation sites is 1. The number of ether oxygens (including phenoxy) is 1. The van der Waals surface area contributed by atoms with Crippen LogP contribution in [0.3, 0.4) is 0 Å². The first kappa shape index (κ1) is 21.7. The smallest absolute Gasteiger partial charge is 0.311 e. The normalized spacial score (nSPS) is 14.9. The molecule has 0 atom stereocenters. The highest BCUT2D eigenvalue weighted by Gasteiger charge is 2.29. The third-order valence-electron chi connectivity index (χ3n) is 4.77. The molecule has 0 N–H and O–H groups in total. The van der Waals surface area contributed by atoms with Gasteiger partial charge in [0.15, 0.2) is 5.75 Å². The van der Waals surface area contributed by atoms with Gasteiger partial charge < -0.3 is 4.74 Å². The molecule has 1 aliphatic rings. The fraction of sp³-hybridized carbons (Fsp3) is 0.136. The average Bonchev–Trinajstić information content (AvgIpc) is 3.31. The van der Waals surface area contributed by atoms with Crippen LogP contribution in [0.4, 0.5) is 5.69 Å². The molecule has 1 aliphatic heterocycles. The average molecular weight is 467 g/mol. The molecule has 1 saturated heterocycles. The van der Waals surface area contributed by atoms with E-state index in [1.807, 2.05) is 30.3 Å². The van der Waals surface area contributed by atoms with Crippen molar-refractivity contribution in [3.05, 3.63) is 75.3 Å². The molecule has 0 unspecified atom stereocenters. The van der Waals surface area contributed by atoms with Crippen LogP contribution in [0.2, 0.25) is 0 Å². The van der Waals surface area contributed by atoms with Gasteiger partial charge in [0.1, 0.15) is 10.0 Å². The molecule has 2 aromatic carbocycles. The Morgan fingerprint density at radius 2 is 2.00 bits per heavy atom. The van der Waals surface area contributed by atoms with Crippen molar-refractivity contribution in [3.63, 3.8) is 0 Å². The second kappa shape index (κ2) is 8.93. The van der Waals surface area contributed by atoms with Gasteiger partial charge in [-0.05, 0) is 37.3 Å². The lowest BCUT2D eigenvalue weighted by atomic mass is 10.1. The van der Waals surface area contributed by atoms with Crippen LogP contribution in [0.1, 0.15) is 12.5 Å². The van der Waals surface area contributed by atoms with E-state index < -0.39 is 4.92 Å². The first-order valence-electron chi connectivity index (χ1n) is 9.67. The monoisotopic (exact) mass is 466 g/mol. The van der Waals surface area contributed by atoms with E-state index in [1.54, 1.807) is 43.1 Å². The third-order valence-corrected chi connectivity index (χ3v) is 6.25. The number of thiocarbonyl (C=S) groups is 1. The zero-order valence-corrected chi connectivity index (χ0v) is 18.9. The second-order valence-corrected chi connectivity index (χ2v) is 8.50. The highest BCUT2D eigenvalue weighted by molar-refractivity contribution is 8.26. The summed E-state index contributed by atoms with van der Waals surface area (Å²) in [6.45, 7) is 2.08. The number of hydrogen-bond donors (Lipinski definition) is 0. The molecule has 10 heteroatoms. The van der Waals surface area contributed by atoms with Gasteiger partial charge in [-0.2, -0.15) is 5.10 Å². The molecule has 8 nitrogen and oxygen atoms in total. The summed E-state index contributed by atoms with van der Waals surface area (Å²) in [6, 6.07) is 14.2. The molecular weight excluding hydrogens is 448 g/mol. The Labute approximate surface area is 193 Å². The van der Waals surface area contributed by atoms with E-state index in [0.717, 1.165) is 5.69 Å². The molecule has 0 spiro atoms. The van der Waals surface area contributed by atoms with Gasteiger partial charge in [0, 0.05) is 30.4 Å². The quantitative estimate of drug-likeness (QED) is 0.225. The minimum absolute atomic E-state index is 0.149. The van der Waals surface area contributed by atoms with E-state index in [1.165, 1.54) is 22.7 Å². The zero-order chi connectivity index (χ0) is 22.8. The molecule has 162 valence electrons. The van der Waals surface area contributed by atoms with Crippen molar-refractivity contribution in [2.75, 3.05) is 13.7 Å². The number of likely N-dealkylation sites (N-methyl/N-ethyl adjacent to an activating group) is 1. The maximum absolute atomic E-state index is 12.5. The molecule has 1 amide bonds. The third kappa shape index (κ3) is 4.14. The number of rotatable bonds is 6. The van der Waals surface area contributed by atoms with E-state index in [2.05, 4.69) is 5.10 Å². The Hall–Kier alpha value is -3.50. The summed E-state index contributed by atoms with van der Waals surface area (Å²) in [6.07, 6.45) is 3.50. The summed E-state index contributed by atoms with van der Waals surface area (Å²) in [5.74, 6) is -0.00627. The van der Waals surface area contributed by atoms with E-state index in [9.17, 15) is 14.9 Å². The molecule has 1 fully saturated rings. The Morgan fingerprint density at radius 1 is 1.25 bits per heavy atom. The molecule has 3 aromatic rings. The van der Waals surface area contributed by atoms with Crippen molar-refractivity contribution in [1.82, 2.24) is 14.7 Å². The predicted octanol–water partition coefficient (Wildman–Crippen LogP) is 4.68. The van der Waals surface area contributed by atoms with Crippen molar-refractivity contribution in [2.24, 2.45) is 0 Å². The first-order chi connectivity index (χ1) is 15.4. The Morgan fingerprint density at radius 3 is 2.62 bits per heavy atom. The van der Waals surface area contributed by atoms with Gasteiger partial charge in [0.25, 0.3) is 5.91 Å².